The number of aromatic nitrogens is 3. The van der Waals surface area contributed by atoms with E-state index in [4.69, 9.17) is 16.3 Å². The smallest absolute Gasteiger partial charge is 0.270 e. The molecule has 2 aromatic heterocycles. The molecule has 1 amide bonds. The fraction of sp³-hybridized carbons (Fsp3) is 0.158. The summed E-state index contributed by atoms with van der Waals surface area (Å²) in [6.45, 7) is 2.15. The first-order chi connectivity index (χ1) is 13.0. The number of rotatable bonds is 6. The van der Waals surface area contributed by atoms with Gasteiger partial charge in [0.25, 0.3) is 5.91 Å². The van der Waals surface area contributed by atoms with Gasteiger partial charge in [-0.1, -0.05) is 17.7 Å². The van der Waals surface area contributed by atoms with Crippen LogP contribution < -0.4 is 15.4 Å². The number of methoxy groups -OCH3 is 1. The standard InChI is InChI=1S/C19H18ClN5O2/c1-12-8-16(18(26)22-11-13-4-3-7-21-10-13)25-19(23-12)24-15-9-14(20)5-6-17(15)27-2/h3-10H,11H2,1-2H3,(H,22,26)(H,23,24,25). The molecule has 0 radical (unpaired) electrons. The summed E-state index contributed by atoms with van der Waals surface area (Å²) in [5, 5.41) is 6.42. The Bertz CT molecular complexity index is 950. The number of hydrogen-bond donors (Lipinski definition) is 2. The summed E-state index contributed by atoms with van der Waals surface area (Å²) in [7, 11) is 1.56. The van der Waals surface area contributed by atoms with Gasteiger partial charge in [-0.3, -0.25) is 9.78 Å². The van der Waals surface area contributed by atoms with Gasteiger partial charge in [0.15, 0.2) is 0 Å². The van der Waals surface area contributed by atoms with Crippen LogP contribution in [0.4, 0.5) is 11.6 Å². The predicted molar refractivity (Wildman–Crippen MR) is 103 cm³/mol. The first kappa shape index (κ1) is 18.6. The van der Waals surface area contributed by atoms with Gasteiger partial charge >= 0.3 is 0 Å². The van der Waals surface area contributed by atoms with Gasteiger partial charge in [0.05, 0.1) is 12.8 Å². The van der Waals surface area contributed by atoms with Crippen LogP contribution in [0.25, 0.3) is 0 Å². The van der Waals surface area contributed by atoms with Crippen molar-refractivity contribution in [2.75, 3.05) is 12.4 Å². The Labute approximate surface area is 161 Å². The molecule has 2 heterocycles. The van der Waals surface area contributed by atoms with Gasteiger partial charge in [0.1, 0.15) is 11.4 Å². The van der Waals surface area contributed by atoms with Crippen LogP contribution in [0.5, 0.6) is 5.75 Å². The minimum atomic E-state index is -0.300. The zero-order valence-corrected chi connectivity index (χ0v) is 15.6. The Balaban J connectivity index is 1.78. The molecule has 3 rings (SSSR count). The van der Waals surface area contributed by atoms with Crippen molar-refractivity contribution in [3.8, 4) is 5.75 Å². The number of carbonyl (C=O) groups excluding carboxylic acids is 1. The zero-order valence-electron chi connectivity index (χ0n) is 14.9. The van der Waals surface area contributed by atoms with Crippen LogP contribution in [0.2, 0.25) is 5.02 Å². The Hall–Kier alpha value is -3.19. The van der Waals surface area contributed by atoms with E-state index >= 15 is 0 Å². The number of hydrogen-bond acceptors (Lipinski definition) is 6. The number of anilines is 2. The van der Waals surface area contributed by atoms with Gasteiger partial charge < -0.3 is 15.4 Å². The molecule has 0 spiro atoms. The molecule has 0 aliphatic rings. The van der Waals surface area contributed by atoms with Crippen molar-refractivity contribution < 1.29 is 9.53 Å². The molecule has 138 valence electrons. The lowest BCUT2D eigenvalue weighted by Crippen LogP contribution is -2.24. The van der Waals surface area contributed by atoms with E-state index in [1.165, 1.54) is 0 Å². The Morgan fingerprint density at radius 2 is 2.07 bits per heavy atom. The van der Waals surface area contributed by atoms with E-state index in [1.807, 2.05) is 12.1 Å². The lowest BCUT2D eigenvalue weighted by atomic mass is 10.2. The molecule has 0 aliphatic heterocycles. The SMILES string of the molecule is COc1ccc(Cl)cc1Nc1nc(C)cc(C(=O)NCc2cccnc2)n1. The van der Waals surface area contributed by atoms with E-state index in [9.17, 15) is 4.79 Å². The van der Waals surface area contributed by atoms with Crippen molar-refractivity contribution in [1.29, 1.82) is 0 Å². The van der Waals surface area contributed by atoms with E-state index in [1.54, 1.807) is 50.7 Å². The van der Waals surface area contributed by atoms with Gasteiger partial charge in [-0.05, 0) is 42.8 Å². The van der Waals surface area contributed by atoms with Crippen molar-refractivity contribution in [2.24, 2.45) is 0 Å². The maximum Gasteiger partial charge on any atom is 0.270 e. The zero-order chi connectivity index (χ0) is 19.2. The number of benzene rings is 1. The second kappa shape index (κ2) is 8.46. The Morgan fingerprint density at radius 1 is 1.22 bits per heavy atom. The quantitative estimate of drug-likeness (QED) is 0.677. The van der Waals surface area contributed by atoms with Crippen LogP contribution >= 0.6 is 11.6 Å². The van der Waals surface area contributed by atoms with E-state index in [2.05, 4.69) is 25.6 Å². The highest BCUT2D eigenvalue weighted by molar-refractivity contribution is 6.31. The molecule has 2 N–H and O–H groups in total. The Kier molecular flexibility index (Phi) is 5.83. The summed E-state index contributed by atoms with van der Waals surface area (Å²) in [5.41, 5.74) is 2.42. The summed E-state index contributed by atoms with van der Waals surface area (Å²) < 4.78 is 5.31. The number of pyridine rings is 1. The highest BCUT2D eigenvalue weighted by Gasteiger charge is 2.12. The van der Waals surface area contributed by atoms with Crippen molar-refractivity contribution in [3.05, 3.63) is 70.8 Å². The lowest BCUT2D eigenvalue weighted by molar-refractivity contribution is 0.0945. The van der Waals surface area contributed by atoms with E-state index in [0.717, 1.165) is 5.56 Å². The van der Waals surface area contributed by atoms with Gasteiger partial charge in [-0.15, -0.1) is 0 Å². The molecule has 0 fully saturated rings. The third-order valence-electron chi connectivity index (χ3n) is 3.67. The van der Waals surface area contributed by atoms with Crippen LogP contribution in [0.1, 0.15) is 21.7 Å². The van der Waals surface area contributed by atoms with Gasteiger partial charge in [-0.25, -0.2) is 9.97 Å². The molecule has 7 nitrogen and oxygen atoms in total. The topological polar surface area (TPSA) is 89.0 Å². The average Bonchev–Trinajstić information content (AvgIpc) is 2.66. The summed E-state index contributed by atoms with van der Waals surface area (Å²) in [6.07, 6.45) is 3.38. The maximum atomic E-state index is 12.5. The number of amides is 1. The average molecular weight is 384 g/mol. The second-order valence-corrected chi connectivity index (χ2v) is 6.17. The molecule has 1 aromatic carbocycles. The first-order valence-corrected chi connectivity index (χ1v) is 8.56. The molecular weight excluding hydrogens is 366 g/mol. The molecule has 0 bridgehead atoms. The number of halogens is 1. The number of carbonyl (C=O) groups is 1. The monoisotopic (exact) mass is 383 g/mol. The number of nitrogens with one attached hydrogen (secondary N) is 2. The molecule has 0 aliphatic carbocycles. The van der Waals surface area contributed by atoms with Gasteiger partial charge in [-0.2, -0.15) is 0 Å². The molecule has 3 aromatic rings. The van der Waals surface area contributed by atoms with E-state index in [0.29, 0.717) is 28.7 Å². The van der Waals surface area contributed by atoms with Crippen molar-refractivity contribution >= 4 is 29.1 Å². The molecule has 0 saturated heterocycles. The highest BCUT2D eigenvalue weighted by atomic mass is 35.5. The largest absolute Gasteiger partial charge is 0.495 e. The fourth-order valence-electron chi connectivity index (χ4n) is 2.41. The van der Waals surface area contributed by atoms with Crippen LogP contribution in [-0.2, 0) is 6.54 Å². The van der Waals surface area contributed by atoms with Crippen LogP contribution in [0.15, 0.2) is 48.8 Å². The van der Waals surface area contributed by atoms with Gasteiger partial charge in [0.2, 0.25) is 5.95 Å². The molecule has 0 atom stereocenters. The normalized spacial score (nSPS) is 10.3. The fourth-order valence-corrected chi connectivity index (χ4v) is 2.59. The minimum absolute atomic E-state index is 0.259. The van der Waals surface area contributed by atoms with E-state index in [-0.39, 0.29) is 17.5 Å². The molecule has 0 unspecified atom stereocenters. The molecular formula is C19H18ClN5O2. The summed E-state index contributed by atoms with van der Waals surface area (Å²) in [5.74, 6) is 0.569. The lowest BCUT2D eigenvalue weighted by Gasteiger charge is -2.12. The third kappa shape index (κ3) is 4.92. The van der Waals surface area contributed by atoms with Crippen molar-refractivity contribution in [2.45, 2.75) is 13.5 Å². The summed E-state index contributed by atoms with van der Waals surface area (Å²) >= 11 is 6.05. The number of ether oxygens (including phenoxy) is 1. The number of nitrogens with zero attached hydrogens (tertiary/aromatic N) is 3. The van der Waals surface area contributed by atoms with Gasteiger partial charge in [0, 0.05) is 29.7 Å². The minimum Gasteiger partial charge on any atom is -0.495 e. The van der Waals surface area contributed by atoms with Crippen LogP contribution in [0, 0.1) is 6.92 Å². The van der Waals surface area contributed by atoms with E-state index < -0.39 is 0 Å². The highest BCUT2D eigenvalue weighted by Crippen LogP contribution is 2.29. The molecule has 8 heteroatoms. The second-order valence-electron chi connectivity index (χ2n) is 5.73. The number of aryl methyl sites for hydroxylation is 1. The van der Waals surface area contributed by atoms with Crippen molar-refractivity contribution in [1.82, 2.24) is 20.3 Å². The first-order valence-electron chi connectivity index (χ1n) is 8.18. The summed E-state index contributed by atoms with van der Waals surface area (Å²) in [6, 6.07) is 10.5. The Morgan fingerprint density at radius 3 is 2.81 bits per heavy atom. The maximum absolute atomic E-state index is 12.5. The van der Waals surface area contributed by atoms with Crippen molar-refractivity contribution in [3.63, 3.8) is 0 Å². The predicted octanol–water partition coefficient (Wildman–Crippen LogP) is 3.52. The third-order valence-corrected chi connectivity index (χ3v) is 3.91. The summed E-state index contributed by atoms with van der Waals surface area (Å²) in [4.78, 5) is 25.1. The molecule has 0 saturated carbocycles. The van der Waals surface area contributed by atoms with Crippen LogP contribution in [0.3, 0.4) is 0 Å². The van der Waals surface area contributed by atoms with Crippen LogP contribution in [-0.4, -0.2) is 28.0 Å². The molecule has 27 heavy (non-hydrogen) atoms.